The normalized spacial score (nSPS) is 17.4. The SMILES string of the molecule is Cc1cccc(C2Oc3ccc(Br)nc3NC2=O)c1. The third-order valence-electron chi connectivity index (χ3n) is 2.89. The van der Waals surface area contributed by atoms with Gasteiger partial charge in [0.1, 0.15) is 4.60 Å². The van der Waals surface area contributed by atoms with Crippen LogP contribution in [0, 0.1) is 6.92 Å². The third-order valence-corrected chi connectivity index (χ3v) is 3.34. The average Bonchev–Trinajstić information content (AvgIpc) is 2.37. The van der Waals surface area contributed by atoms with Crippen LogP contribution in [0.4, 0.5) is 5.82 Å². The summed E-state index contributed by atoms with van der Waals surface area (Å²) in [6.45, 7) is 1.98. The molecule has 3 rings (SSSR count). The number of hydrogen-bond donors (Lipinski definition) is 1. The largest absolute Gasteiger partial charge is 0.472 e. The van der Waals surface area contributed by atoms with Gasteiger partial charge in [0.05, 0.1) is 0 Å². The number of nitrogens with zero attached hydrogens (tertiary/aromatic N) is 1. The third kappa shape index (κ3) is 2.33. The molecule has 1 aromatic carbocycles. The molecule has 1 N–H and O–H groups in total. The molecule has 1 atom stereocenters. The van der Waals surface area contributed by atoms with Crippen LogP contribution in [-0.4, -0.2) is 10.9 Å². The van der Waals surface area contributed by atoms with Crippen LogP contribution in [0.25, 0.3) is 0 Å². The molecule has 2 heterocycles. The van der Waals surface area contributed by atoms with E-state index >= 15 is 0 Å². The van der Waals surface area contributed by atoms with Crippen LogP contribution in [0.5, 0.6) is 5.75 Å². The van der Waals surface area contributed by atoms with Crippen LogP contribution in [0.2, 0.25) is 0 Å². The summed E-state index contributed by atoms with van der Waals surface area (Å²) in [6, 6.07) is 11.3. The van der Waals surface area contributed by atoms with Crippen molar-refractivity contribution in [2.75, 3.05) is 5.32 Å². The number of halogens is 1. The second-order valence-corrected chi connectivity index (χ2v) is 5.19. The van der Waals surface area contributed by atoms with Gasteiger partial charge >= 0.3 is 0 Å². The van der Waals surface area contributed by atoms with Crippen molar-refractivity contribution in [3.63, 3.8) is 0 Å². The van der Waals surface area contributed by atoms with E-state index in [-0.39, 0.29) is 5.91 Å². The topological polar surface area (TPSA) is 51.2 Å². The highest BCUT2D eigenvalue weighted by Crippen LogP contribution is 2.34. The summed E-state index contributed by atoms with van der Waals surface area (Å²) in [4.78, 5) is 16.3. The number of ether oxygens (including phenoxy) is 1. The van der Waals surface area contributed by atoms with E-state index < -0.39 is 6.10 Å². The Bertz CT molecular complexity index is 658. The smallest absolute Gasteiger partial charge is 0.271 e. The quantitative estimate of drug-likeness (QED) is 0.821. The number of pyridine rings is 1. The molecule has 19 heavy (non-hydrogen) atoms. The van der Waals surface area contributed by atoms with Gasteiger partial charge in [0.15, 0.2) is 11.6 Å². The summed E-state index contributed by atoms with van der Waals surface area (Å²) in [5.41, 5.74) is 1.93. The lowest BCUT2D eigenvalue weighted by Gasteiger charge is -2.25. The van der Waals surface area contributed by atoms with E-state index in [1.807, 2.05) is 31.2 Å². The molecule has 0 radical (unpaired) electrons. The van der Waals surface area contributed by atoms with Gasteiger partial charge in [-0.25, -0.2) is 4.98 Å². The second-order valence-electron chi connectivity index (χ2n) is 4.38. The van der Waals surface area contributed by atoms with Gasteiger partial charge in [-0.1, -0.05) is 29.8 Å². The first-order chi connectivity index (χ1) is 9.13. The Balaban J connectivity index is 1.98. The first kappa shape index (κ1) is 12.2. The molecule has 0 saturated carbocycles. The Morgan fingerprint density at radius 3 is 2.95 bits per heavy atom. The minimum Gasteiger partial charge on any atom is -0.472 e. The van der Waals surface area contributed by atoms with Gasteiger partial charge in [-0.15, -0.1) is 0 Å². The molecule has 1 unspecified atom stereocenters. The highest BCUT2D eigenvalue weighted by molar-refractivity contribution is 9.10. The minimum absolute atomic E-state index is 0.205. The maximum Gasteiger partial charge on any atom is 0.271 e. The summed E-state index contributed by atoms with van der Waals surface area (Å²) in [5, 5.41) is 2.76. The molecule has 1 aliphatic rings. The summed E-state index contributed by atoms with van der Waals surface area (Å²) in [5.74, 6) is 0.821. The Morgan fingerprint density at radius 2 is 2.16 bits per heavy atom. The number of anilines is 1. The second kappa shape index (κ2) is 4.66. The van der Waals surface area contributed by atoms with Crippen molar-refractivity contribution >= 4 is 27.7 Å². The molecule has 1 aliphatic heterocycles. The maximum atomic E-state index is 12.1. The van der Waals surface area contributed by atoms with E-state index in [1.54, 1.807) is 12.1 Å². The molecule has 1 amide bonds. The number of aromatic nitrogens is 1. The number of aryl methyl sites for hydroxylation is 1. The average molecular weight is 319 g/mol. The lowest BCUT2D eigenvalue weighted by molar-refractivity contribution is -0.123. The van der Waals surface area contributed by atoms with Crippen LogP contribution >= 0.6 is 15.9 Å². The molecule has 0 spiro atoms. The number of rotatable bonds is 1. The molecule has 0 saturated heterocycles. The summed E-state index contributed by atoms with van der Waals surface area (Å²) in [6.07, 6.45) is -0.629. The van der Waals surface area contributed by atoms with E-state index in [1.165, 1.54) is 0 Å². The summed E-state index contributed by atoms with van der Waals surface area (Å²) >= 11 is 3.26. The summed E-state index contributed by atoms with van der Waals surface area (Å²) in [7, 11) is 0. The fourth-order valence-electron chi connectivity index (χ4n) is 2.02. The van der Waals surface area contributed by atoms with Gasteiger partial charge in [-0.3, -0.25) is 4.79 Å². The highest BCUT2D eigenvalue weighted by atomic mass is 79.9. The van der Waals surface area contributed by atoms with Gasteiger partial charge in [0.25, 0.3) is 5.91 Å². The van der Waals surface area contributed by atoms with E-state index in [4.69, 9.17) is 4.74 Å². The molecule has 96 valence electrons. The Morgan fingerprint density at radius 1 is 1.32 bits per heavy atom. The molecule has 0 aliphatic carbocycles. The monoisotopic (exact) mass is 318 g/mol. The highest BCUT2D eigenvalue weighted by Gasteiger charge is 2.30. The van der Waals surface area contributed by atoms with Gasteiger partial charge in [-0.05, 0) is 35.0 Å². The van der Waals surface area contributed by atoms with E-state index in [9.17, 15) is 4.79 Å². The number of fused-ring (bicyclic) bond motifs is 1. The molecule has 5 heteroatoms. The van der Waals surface area contributed by atoms with Crippen molar-refractivity contribution in [2.45, 2.75) is 13.0 Å². The summed E-state index contributed by atoms with van der Waals surface area (Å²) < 4.78 is 6.40. The van der Waals surface area contributed by atoms with E-state index in [0.29, 0.717) is 16.2 Å². The Kier molecular flexibility index (Phi) is 2.98. The zero-order valence-electron chi connectivity index (χ0n) is 10.2. The fraction of sp³-hybridized carbons (Fsp3) is 0.143. The van der Waals surface area contributed by atoms with E-state index in [2.05, 4.69) is 26.2 Å². The molecule has 1 aromatic heterocycles. The molecular weight excluding hydrogens is 308 g/mol. The zero-order valence-corrected chi connectivity index (χ0v) is 11.8. The van der Waals surface area contributed by atoms with Crippen LogP contribution < -0.4 is 10.1 Å². The lowest BCUT2D eigenvalue weighted by Crippen LogP contribution is -2.30. The number of carbonyl (C=O) groups is 1. The molecule has 0 bridgehead atoms. The Labute approximate surface area is 118 Å². The fourth-order valence-corrected chi connectivity index (χ4v) is 2.33. The van der Waals surface area contributed by atoms with Crippen LogP contribution in [-0.2, 0) is 4.79 Å². The van der Waals surface area contributed by atoms with E-state index in [0.717, 1.165) is 11.1 Å². The maximum absolute atomic E-state index is 12.1. The predicted octanol–water partition coefficient (Wildman–Crippen LogP) is 3.22. The molecule has 4 nitrogen and oxygen atoms in total. The number of carbonyl (C=O) groups excluding carboxylic acids is 1. The first-order valence-electron chi connectivity index (χ1n) is 5.84. The van der Waals surface area contributed by atoms with Crippen molar-refractivity contribution in [3.8, 4) is 5.75 Å². The Hall–Kier alpha value is -1.88. The molecule has 2 aromatic rings. The van der Waals surface area contributed by atoms with Crippen LogP contribution in [0.15, 0.2) is 41.0 Å². The van der Waals surface area contributed by atoms with Crippen LogP contribution in [0.1, 0.15) is 17.2 Å². The van der Waals surface area contributed by atoms with Crippen molar-refractivity contribution in [3.05, 3.63) is 52.1 Å². The van der Waals surface area contributed by atoms with Gasteiger partial charge in [-0.2, -0.15) is 0 Å². The standard InChI is InChI=1S/C14H11BrN2O2/c1-8-3-2-4-9(7-8)12-14(18)17-13-10(19-12)5-6-11(15)16-13/h2-7,12H,1H3,(H,16,17,18). The molecule has 0 fully saturated rings. The lowest BCUT2D eigenvalue weighted by atomic mass is 10.1. The van der Waals surface area contributed by atoms with Crippen molar-refractivity contribution in [2.24, 2.45) is 0 Å². The van der Waals surface area contributed by atoms with Crippen molar-refractivity contribution in [1.82, 2.24) is 4.98 Å². The number of nitrogens with one attached hydrogen (secondary N) is 1. The number of hydrogen-bond acceptors (Lipinski definition) is 3. The zero-order chi connectivity index (χ0) is 13.4. The number of amides is 1. The van der Waals surface area contributed by atoms with Gasteiger partial charge in [0, 0.05) is 5.56 Å². The first-order valence-corrected chi connectivity index (χ1v) is 6.63. The van der Waals surface area contributed by atoms with Gasteiger partial charge in [0.2, 0.25) is 6.10 Å². The predicted molar refractivity (Wildman–Crippen MR) is 75.1 cm³/mol. The van der Waals surface area contributed by atoms with Gasteiger partial charge < -0.3 is 10.1 Å². The van der Waals surface area contributed by atoms with Crippen molar-refractivity contribution in [1.29, 1.82) is 0 Å². The number of benzene rings is 1. The molecular formula is C14H11BrN2O2. The van der Waals surface area contributed by atoms with Crippen molar-refractivity contribution < 1.29 is 9.53 Å². The van der Waals surface area contributed by atoms with Crippen LogP contribution in [0.3, 0.4) is 0 Å². The minimum atomic E-state index is -0.629.